The van der Waals surface area contributed by atoms with Gasteiger partial charge >= 0.3 is 0 Å². The van der Waals surface area contributed by atoms with E-state index in [-0.39, 0.29) is 0 Å². The van der Waals surface area contributed by atoms with E-state index in [2.05, 4.69) is 4.90 Å². The Morgan fingerprint density at radius 2 is 1.88 bits per heavy atom. The molecule has 16 heavy (non-hydrogen) atoms. The Kier molecular flexibility index (Phi) is 3.20. The number of carbonyl (C=O) groups is 1. The van der Waals surface area contributed by atoms with E-state index in [0.717, 1.165) is 17.6 Å². The maximum absolute atomic E-state index is 11.8. The summed E-state index contributed by atoms with van der Waals surface area (Å²) in [6.45, 7) is 0. The third-order valence-corrected chi connectivity index (χ3v) is 3.11. The zero-order chi connectivity index (χ0) is 11.5. The number of ketones is 1. The molecule has 1 aromatic rings. The predicted molar refractivity (Wildman–Crippen MR) is 66.1 cm³/mol. The number of nitrogens with zero attached hydrogens (tertiary/aromatic N) is 1. The molecule has 0 N–H and O–H groups in total. The molecule has 1 aliphatic carbocycles. The minimum atomic E-state index is 0.294. The Balaban J connectivity index is 2.17. The Morgan fingerprint density at radius 1 is 1.19 bits per heavy atom. The van der Waals surface area contributed by atoms with Crippen LogP contribution in [-0.4, -0.2) is 30.8 Å². The van der Waals surface area contributed by atoms with Crippen molar-refractivity contribution in [2.75, 3.05) is 14.1 Å². The number of hydrogen-bond acceptors (Lipinski definition) is 2. The van der Waals surface area contributed by atoms with Crippen molar-refractivity contribution in [1.29, 1.82) is 0 Å². The summed E-state index contributed by atoms with van der Waals surface area (Å²) >= 11 is 0. The maximum atomic E-state index is 11.8. The Morgan fingerprint density at radius 3 is 2.44 bits per heavy atom. The first-order valence-corrected chi connectivity index (χ1v) is 5.62. The highest BCUT2D eigenvalue weighted by atomic mass is 16.1. The molecule has 1 saturated carbocycles. The minimum Gasteiger partial charge on any atom is -0.306 e. The molecule has 0 amide bonds. The molecule has 0 heterocycles. The van der Waals surface area contributed by atoms with Crippen LogP contribution in [0.5, 0.6) is 0 Å². The molecule has 0 aromatic heterocycles. The van der Waals surface area contributed by atoms with Gasteiger partial charge in [0.2, 0.25) is 0 Å². The Labute approximate surface area is 96.6 Å². The van der Waals surface area contributed by atoms with E-state index < -0.39 is 0 Å². The quantitative estimate of drug-likeness (QED) is 0.706. The van der Waals surface area contributed by atoms with Gasteiger partial charge in [-0.1, -0.05) is 30.3 Å². The minimum absolute atomic E-state index is 0.294. The van der Waals surface area contributed by atoms with E-state index in [1.807, 2.05) is 50.5 Å². The maximum Gasteiger partial charge on any atom is 0.160 e. The summed E-state index contributed by atoms with van der Waals surface area (Å²) in [4.78, 5) is 13.9. The second-order valence-electron chi connectivity index (χ2n) is 4.53. The molecule has 2 nitrogen and oxygen atoms in total. The summed E-state index contributed by atoms with van der Waals surface area (Å²) in [5.41, 5.74) is 2.08. The van der Waals surface area contributed by atoms with Gasteiger partial charge in [-0.05, 0) is 37.7 Å². The van der Waals surface area contributed by atoms with Crippen LogP contribution in [0.2, 0.25) is 0 Å². The first kappa shape index (κ1) is 11.1. The standard InChI is InChI=1S/C14H17NO/c1-15(2)13-9-12(14(16)10-13)8-11-6-4-3-5-7-11/h3-8,13H,9-10H2,1-2H3. The van der Waals surface area contributed by atoms with Gasteiger partial charge in [0.15, 0.2) is 5.78 Å². The first-order chi connectivity index (χ1) is 7.66. The van der Waals surface area contributed by atoms with Crippen LogP contribution in [0.25, 0.3) is 6.08 Å². The van der Waals surface area contributed by atoms with Gasteiger partial charge in [-0.25, -0.2) is 0 Å². The fourth-order valence-electron chi connectivity index (χ4n) is 2.04. The fraction of sp³-hybridized carbons (Fsp3) is 0.357. The molecular weight excluding hydrogens is 198 g/mol. The van der Waals surface area contributed by atoms with Crippen molar-refractivity contribution in [1.82, 2.24) is 4.90 Å². The first-order valence-electron chi connectivity index (χ1n) is 5.62. The highest BCUT2D eigenvalue weighted by molar-refractivity contribution is 6.02. The van der Waals surface area contributed by atoms with E-state index in [0.29, 0.717) is 18.2 Å². The summed E-state index contributed by atoms with van der Waals surface area (Å²) in [6.07, 6.45) is 3.55. The van der Waals surface area contributed by atoms with Crippen LogP contribution in [0.4, 0.5) is 0 Å². The van der Waals surface area contributed by atoms with Gasteiger partial charge in [0.05, 0.1) is 0 Å². The normalized spacial score (nSPS) is 23.3. The largest absolute Gasteiger partial charge is 0.306 e. The number of hydrogen-bond donors (Lipinski definition) is 0. The highest BCUT2D eigenvalue weighted by Gasteiger charge is 2.28. The third kappa shape index (κ3) is 2.39. The molecule has 1 fully saturated rings. The van der Waals surface area contributed by atoms with Crippen molar-refractivity contribution < 1.29 is 4.79 Å². The average molecular weight is 215 g/mol. The summed E-state index contributed by atoms with van der Waals surface area (Å²) in [6, 6.07) is 10.4. The van der Waals surface area contributed by atoms with Crippen molar-refractivity contribution in [2.45, 2.75) is 18.9 Å². The SMILES string of the molecule is CN(C)C1CC(=O)C(=Cc2ccccc2)C1. The van der Waals surface area contributed by atoms with E-state index >= 15 is 0 Å². The lowest BCUT2D eigenvalue weighted by Gasteiger charge is -2.16. The second-order valence-corrected chi connectivity index (χ2v) is 4.53. The molecule has 2 heteroatoms. The second kappa shape index (κ2) is 4.62. The molecule has 0 saturated heterocycles. The van der Waals surface area contributed by atoms with E-state index in [9.17, 15) is 4.79 Å². The van der Waals surface area contributed by atoms with Crippen molar-refractivity contribution in [2.24, 2.45) is 0 Å². The average Bonchev–Trinajstić information content (AvgIpc) is 2.62. The van der Waals surface area contributed by atoms with Gasteiger partial charge in [0.25, 0.3) is 0 Å². The van der Waals surface area contributed by atoms with E-state index in [1.54, 1.807) is 0 Å². The van der Waals surface area contributed by atoms with Crippen LogP contribution in [0.15, 0.2) is 35.9 Å². The van der Waals surface area contributed by atoms with Gasteiger partial charge in [0, 0.05) is 12.5 Å². The molecule has 0 aliphatic heterocycles. The lowest BCUT2D eigenvalue weighted by atomic mass is 10.1. The molecule has 0 spiro atoms. The summed E-state index contributed by atoms with van der Waals surface area (Å²) in [5, 5.41) is 0. The van der Waals surface area contributed by atoms with Crippen molar-refractivity contribution in [3.8, 4) is 0 Å². The fourth-order valence-corrected chi connectivity index (χ4v) is 2.04. The Bertz CT molecular complexity index is 406. The van der Waals surface area contributed by atoms with Gasteiger partial charge in [-0.3, -0.25) is 4.79 Å². The molecule has 1 unspecified atom stereocenters. The molecule has 84 valence electrons. The molecular formula is C14H17NO. The molecule has 1 atom stereocenters. The summed E-state index contributed by atoms with van der Waals surface area (Å²) in [5.74, 6) is 0.294. The highest BCUT2D eigenvalue weighted by Crippen LogP contribution is 2.26. The van der Waals surface area contributed by atoms with Crippen LogP contribution in [-0.2, 0) is 4.79 Å². The number of carbonyl (C=O) groups excluding carboxylic acids is 1. The van der Waals surface area contributed by atoms with E-state index in [4.69, 9.17) is 0 Å². The number of Topliss-reactive ketones (excluding diaryl/α,β-unsaturated/α-hetero) is 1. The lowest BCUT2D eigenvalue weighted by molar-refractivity contribution is -0.114. The zero-order valence-corrected chi connectivity index (χ0v) is 9.81. The van der Waals surface area contributed by atoms with Crippen LogP contribution >= 0.6 is 0 Å². The molecule has 2 rings (SSSR count). The number of rotatable bonds is 2. The molecule has 0 radical (unpaired) electrons. The van der Waals surface area contributed by atoms with Gasteiger partial charge in [-0.15, -0.1) is 0 Å². The van der Waals surface area contributed by atoms with Gasteiger partial charge in [0.1, 0.15) is 0 Å². The summed E-state index contributed by atoms with van der Waals surface area (Å²) < 4.78 is 0. The Hall–Kier alpha value is -1.41. The van der Waals surface area contributed by atoms with Crippen molar-refractivity contribution >= 4 is 11.9 Å². The van der Waals surface area contributed by atoms with Crippen molar-refractivity contribution in [3.63, 3.8) is 0 Å². The summed E-state index contributed by atoms with van der Waals surface area (Å²) in [7, 11) is 4.06. The lowest BCUT2D eigenvalue weighted by Crippen LogP contribution is -2.24. The molecule has 1 aromatic carbocycles. The van der Waals surface area contributed by atoms with Crippen molar-refractivity contribution in [3.05, 3.63) is 41.5 Å². The van der Waals surface area contributed by atoms with Crippen LogP contribution in [0.1, 0.15) is 18.4 Å². The number of benzene rings is 1. The van der Waals surface area contributed by atoms with Gasteiger partial charge < -0.3 is 4.90 Å². The van der Waals surface area contributed by atoms with Crippen LogP contribution in [0.3, 0.4) is 0 Å². The monoisotopic (exact) mass is 215 g/mol. The van der Waals surface area contributed by atoms with E-state index in [1.165, 1.54) is 0 Å². The third-order valence-electron chi connectivity index (χ3n) is 3.11. The molecule has 0 bridgehead atoms. The molecule has 1 aliphatic rings. The zero-order valence-electron chi connectivity index (χ0n) is 9.81. The topological polar surface area (TPSA) is 20.3 Å². The van der Waals surface area contributed by atoms with Gasteiger partial charge in [-0.2, -0.15) is 0 Å². The smallest absolute Gasteiger partial charge is 0.160 e. The van der Waals surface area contributed by atoms with Crippen LogP contribution < -0.4 is 0 Å². The predicted octanol–water partition coefficient (Wildman–Crippen LogP) is 2.36. The van der Waals surface area contributed by atoms with Crippen LogP contribution in [0, 0.1) is 0 Å².